The van der Waals surface area contributed by atoms with Crippen molar-refractivity contribution in [2.75, 3.05) is 26.7 Å². The molecule has 4 amide bonds. The molecule has 574 valence electrons. The number of aliphatic carboxylic acids is 2. The molecule has 17 nitrogen and oxygen atoms in total. The summed E-state index contributed by atoms with van der Waals surface area (Å²) in [6.45, 7) is 33.6. The predicted octanol–water partition coefficient (Wildman–Crippen LogP) is 13.9. The van der Waals surface area contributed by atoms with Crippen molar-refractivity contribution in [1.82, 2.24) is 14.7 Å². The first-order valence-electron chi connectivity index (χ1n) is 37.6. The second kappa shape index (κ2) is 37.0. The first kappa shape index (κ1) is 86.8. The van der Waals surface area contributed by atoms with Crippen molar-refractivity contribution >= 4 is 41.5 Å². The number of hydrogen-bond donors (Lipinski definition) is 3. The molecule has 5 N–H and O–H groups in total. The van der Waals surface area contributed by atoms with Gasteiger partial charge in [-0.2, -0.15) is 10.5 Å². The topological polar surface area (TPSA) is 282 Å². The molecule has 3 heterocycles. The third-order valence-corrected chi connectivity index (χ3v) is 23.4. The molecule has 0 fully saturated rings. The van der Waals surface area contributed by atoms with Gasteiger partial charge in [0.05, 0.1) is 49.6 Å². The minimum atomic E-state index is -0.904. The number of primary amides is 1. The number of benzene rings is 9. The number of carbonyl (C=O) groups excluding carboxylic acids is 5. The number of ether oxygens (including phenoxy) is 1. The normalized spacial score (nSPS) is 13.4. The summed E-state index contributed by atoms with van der Waals surface area (Å²) in [5.41, 5.74) is 37.3. The number of nitrogens with zero attached hydrogens (tertiary/aromatic N) is 5. The SMILES string of the molecule is COC(=O)CC(c1ccc2c(c1)CN(C(=O)c1c(C)c(C)cc(C)c1C)CC2)c1ccc(C#N)cc1C.Cc1cc(C#N)ccc1C(CC(=O)O)c1ccc2c(c1)CN(C(=O)c1c(C)c(C)cc(C)c1C)CC2.Cc1cc(C(N)=O)ccc1C(CC(=O)O)c1ccc2c(c1)CN(C(=O)c1c(C)c(C)cc(C)c1C)CC2.[Na+].[OH-]. The van der Waals surface area contributed by atoms with Crippen LogP contribution < -0.4 is 35.3 Å². The van der Waals surface area contributed by atoms with Crippen molar-refractivity contribution in [2.45, 2.75) is 180 Å². The number of carbonyl (C=O) groups is 7. The Kier molecular flexibility index (Phi) is 28.7. The zero-order valence-electron chi connectivity index (χ0n) is 67.8. The van der Waals surface area contributed by atoms with Gasteiger partial charge in [-0.1, -0.05) is 91.0 Å². The first-order valence-corrected chi connectivity index (χ1v) is 37.6. The maximum Gasteiger partial charge on any atom is 1.00 e. The van der Waals surface area contributed by atoms with Gasteiger partial charge in [0.1, 0.15) is 0 Å². The van der Waals surface area contributed by atoms with E-state index in [4.69, 9.17) is 10.5 Å². The Labute approximate surface area is 681 Å². The number of esters is 1. The molecule has 0 aliphatic carbocycles. The number of amides is 4. The second-order valence-electron chi connectivity index (χ2n) is 30.4. The Morgan fingerprint density at radius 3 is 0.938 bits per heavy atom. The van der Waals surface area contributed by atoms with E-state index in [1.54, 1.807) is 36.4 Å². The fourth-order valence-electron chi connectivity index (χ4n) is 16.3. The van der Waals surface area contributed by atoms with Crippen LogP contribution in [-0.4, -0.2) is 98.7 Å². The molecule has 3 unspecified atom stereocenters. The summed E-state index contributed by atoms with van der Waals surface area (Å²) in [7, 11) is 1.40. The molecule has 112 heavy (non-hydrogen) atoms. The maximum atomic E-state index is 13.7. The van der Waals surface area contributed by atoms with E-state index in [0.717, 1.165) is 169 Å². The number of aryl methyl sites for hydroxylation is 9. The second-order valence-corrected chi connectivity index (χ2v) is 30.4. The maximum absolute atomic E-state index is 13.7. The van der Waals surface area contributed by atoms with Gasteiger partial charge >= 0.3 is 47.5 Å². The van der Waals surface area contributed by atoms with E-state index in [9.17, 15) is 54.3 Å². The zero-order chi connectivity index (χ0) is 80.0. The molecule has 0 saturated carbocycles. The number of nitrogens with two attached hydrogens (primary N) is 1. The number of nitriles is 2. The van der Waals surface area contributed by atoms with Crippen LogP contribution in [0.2, 0.25) is 0 Å². The molecule has 0 radical (unpaired) electrons. The van der Waals surface area contributed by atoms with Crippen LogP contribution in [-0.2, 0) is 58.0 Å². The Morgan fingerprint density at radius 2 is 0.679 bits per heavy atom. The fourth-order valence-corrected chi connectivity index (χ4v) is 16.3. The van der Waals surface area contributed by atoms with Gasteiger partial charge in [-0.15, -0.1) is 0 Å². The Hall–Kier alpha value is -10.8. The summed E-state index contributed by atoms with van der Waals surface area (Å²) in [4.78, 5) is 94.4. The third-order valence-electron chi connectivity index (χ3n) is 23.4. The third kappa shape index (κ3) is 19.0. The average Bonchev–Trinajstić information content (AvgIpc) is 0.785. The summed E-state index contributed by atoms with van der Waals surface area (Å²) in [5.74, 6) is -3.35. The average molecular weight is 1510 g/mol. The number of rotatable bonds is 16. The Bertz CT molecular complexity index is 5230. The standard InChI is InChI=1S/C32H34N2O3.C31H34N2O4.C31H32N2O3.Na.H2O/c1-19-13-20(2)23(5)31(22(19)4)32(36)34-12-11-25-8-9-26(15-27(25)18-34)29(16-30(35)37-6)28-10-7-24(17-33)14-21(28)3;1-17-12-18(2)21(5)29(20(17)4)31(37)33-11-10-22-6-7-23(14-25(22)16-33)27(15-28(34)35)26-9-8-24(30(32)36)13-19(26)3;1-18-12-19(2)22(5)30(21(18)4)31(36)33-11-10-24-7-8-25(14-26(24)17-33)28(15-29(34)35)27-9-6-23(16-32)13-20(27)3;;/h7-10,13-15,29H,11-12,16,18H2,1-6H3;6-9,12-14,27H,10-11,15-16H2,1-5H3,(H2,32,36)(H,34,35);6-9,12-14,28H,10-11,15,17H2,1-5H3,(H,34,35);;1H2/q;;;+1;/p-1. The summed E-state index contributed by atoms with van der Waals surface area (Å²) < 4.78 is 5.02. The zero-order valence-corrected chi connectivity index (χ0v) is 69.8. The number of carboxylic acids is 2. The predicted molar refractivity (Wildman–Crippen MR) is 431 cm³/mol. The molecule has 0 aromatic heterocycles. The smallest absolute Gasteiger partial charge is 0.870 e. The molecular weight excluding hydrogens is 1410 g/mol. The van der Waals surface area contributed by atoms with Crippen LogP contribution in [0.5, 0.6) is 0 Å². The van der Waals surface area contributed by atoms with Gasteiger partial charge in [-0.3, -0.25) is 33.6 Å². The minimum Gasteiger partial charge on any atom is -0.870 e. The summed E-state index contributed by atoms with van der Waals surface area (Å²) in [6, 6.07) is 45.5. The van der Waals surface area contributed by atoms with E-state index >= 15 is 0 Å². The van der Waals surface area contributed by atoms with Crippen LogP contribution in [0.25, 0.3) is 0 Å². The number of methoxy groups -OCH3 is 1. The molecule has 3 aliphatic heterocycles. The van der Waals surface area contributed by atoms with Gasteiger partial charge in [-0.25, -0.2) is 0 Å². The van der Waals surface area contributed by atoms with Crippen LogP contribution in [0.3, 0.4) is 0 Å². The van der Waals surface area contributed by atoms with E-state index in [2.05, 4.69) is 80.6 Å². The Balaban J connectivity index is 0.000000209. The summed E-state index contributed by atoms with van der Waals surface area (Å²) in [6.07, 6.45) is 2.38. The quantitative estimate of drug-likeness (QED) is 0.0600. The molecule has 9 aromatic rings. The van der Waals surface area contributed by atoms with E-state index < -0.39 is 17.8 Å². The monoisotopic (exact) mass is 1510 g/mol. The van der Waals surface area contributed by atoms with E-state index in [1.165, 1.54) is 23.8 Å². The van der Waals surface area contributed by atoms with Gasteiger partial charge in [0.25, 0.3) is 17.7 Å². The molecule has 0 spiro atoms. The van der Waals surface area contributed by atoms with Gasteiger partial charge < -0.3 is 40.9 Å². The van der Waals surface area contributed by atoms with Gasteiger partial charge in [0, 0.05) is 79.3 Å². The van der Waals surface area contributed by atoms with Crippen molar-refractivity contribution in [3.05, 3.63) is 311 Å². The summed E-state index contributed by atoms with van der Waals surface area (Å²) in [5, 5.41) is 37.9. The van der Waals surface area contributed by atoms with Crippen molar-refractivity contribution in [3.8, 4) is 12.1 Å². The molecule has 3 atom stereocenters. The van der Waals surface area contributed by atoms with E-state index in [0.29, 0.717) is 56.0 Å². The largest absolute Gasteiger partial charge is 1.00 e. The van der Waals surface area contributed by atoms with Gasteiger partial charge in [0.15, 0.2) is 0 Å². The van der Waals surface area contributed by atoms with Crippen LogP contribution in [0.1, 0.15) is 240 Å². The molecule has 9 aromatic carbocycles. The molecule has 0 saturated heterocycles. The van der Waals surface area contributed by atoms with Crippen molar-refractivity contribution in [3.63, 3.8) is 0 Å². The Morgan fingerprint density at radius 1 is 0.393 bits per heavy atom. The molecule has 12 rings (SSSR count). The van der Waals surface area contributed by atoms with Crippen LogP contribution in [0, 0.1) is 127 Å². The summed E-state index contributed by atoms with van der Waals surface area (Å²) >= 11 is 0. The van der Waals surface area contributed by atoms with Crippen LogP contribution >= 0.6 is 0 Å². The molecule has 3 aliphatic rings. The molecule has 0 bridgehead atoms. The van der Waals surface area contributed by atoms with Gasteiger partial charge in [-0.05, 0) is 310 Å². The fraction of sp³-hybridized carbons (Fsp3) is 0.330. The molecular formula is C94H101N6NaO11. The number of hydrogen-bond acceptors (Lipinski definition) is 11. The van der Waals surface area contributed by atoms with E-state index in [-0.39, 0.29) is 95.7 Å². The van der Waals surface area contributed by atoms with Crippen molar-refractivity contribution in [2.24, 2.45) is 5.73 Å². The first-order chi connectivity index (χ1) is 52.2. The van der Waals surface area contributed by atoms with Crippen molar-refractivity contribution in [1.29, 1.82) is 10.5 Å². The van der Waals surface area contributed by atoms with Crippen LogP contribution in [0.15, 0.2) is 127 Å². The van der Waals surface area contributed by atoms with Crippen molar-refractivity contribution < 1.29 is 83.5 Å². The van der Waals surface area contributed by atoms with E-state index in [1.807, 2.05) is 141 Å². The van der Waals surface area contributed by atoms with Gasteiger partial charge in [0.2, 0.25) is 5.91 Å². The molecule has 18 heteroatoms. The minimum absolute atomic E-state index is 0. The number of carboxylic acid groups (broad SMARTS) is 2. The number of fused-ring (bicyclic) bond motifs is 3. The van der Waals surface area contributed by atoms with Crippen LogP contribution in [0.4, 0.5) is 0 Å².